The van der Waals surface area contributed by atoms with E-state index in [-0.39, 0.29) is 6.10 Å². The highest BCUT2D eigenvalue weighted by Crippen LogP contribution is 2.25. The van der Waals surface area contributed by atoms with E-state index in [1.165, 1.54) is 5.56 Å². The smallest absolute Gasteiger partial charge is 0.120 e. The van der Waals surface area contributed by atoms with Crippen LogP contribution in [0.25, 0.3) is 0 Å². The van der Waals surface area contributed by atoms with Gasteiger partial charge in [-0.25, -0.2) is 0 Å². The molecule has 2 heterocycles. The number of nitriles is 1. The molecule has 0 spiro atoms. The predicted octanol–water partition coefficient (Wildman–Crippen LogP) is 3.61. The van der Waals surface area contributed by atoms with Crippen LogP contribution >= 0.6 is 11.6 Å². The van der Waals surface area contributed by atoms with Gasteiger partial charge in [-0.3, -0.25) is 4.90 Å². The third-order valence-electron chi connectivity index (χ3n) is 4.21. The lowest BCUT2D eigenvalue weighted by Gasteiger charge is -2.33. The molecule has 1 aliphatic rings. The number of aromatic nitrogens is 1. The SMILES string of the molecule is CCn1cc(CN2CCO[C@H](c3ccc(Cl)cc3)C2)cc1C#N. The van der Waals surface area contributed by atoms with E-state index in [9.17, 15) is 0 Å². The van der Waals surface area contributed by atoms with Crippen molar-refractivity contribution in [2.45, 2.75) is 26.1 Å². The molecule has 2 aromatic rings. The van der Waals surface area contributed by atoms with Gasteiger partial charge in [0.15, 0.2) is 0 Å². The molecule has 1 aromatic heterocycles. The summed E-state index contributed by atoms with van der Waals surface area (Å²) >= 11 is 5.95. The summed E-state index contributed by atoms with van der Waals surface area (Å²) in [5.41, 5.74) is 3.06. The summed E-state index contributed by atoms with van der Waals surface area (Å²) in [6.07, 6.45) is 2.15. The maximum atomic E-state index is 9.17. The highest BCUT2D eigenvalue weighted by molar-refractivity contribution is 6.30. The van der Waals surface area contributed by atoms with E-state index in [0.717, 1.165) is 42.5 Å². The number of nitrogens with zero attached hydrogens (tertiary/aromatic N) is 3. The minimum Gasteiger partial charge on any atom is -0.371 e. The van der Waals surface area contributed by atoms with Gasteiger partial charge in [-0.15, -0.1) is 0 Å². The molecule has 0 bridgehead atoms. The fraction of sp³-hybridized carbons (Fsp3) is 0.389. The summed E-state index contributed by atoms with van der Waals surface area (Å²) in [7, 11) is 0. The Balaban J connectivity index is 1.68. The standard InChI is InChI=1S/C18H20ClN3O/c1-2-22-12-14(9-17(22)10-20)11-21-7-8-23-18(13-21)15-3-5-16(19)6-4-15/h3-6,9,12,18H,2,7-8,11,13H2,1H3/t18-/m0/s1. The predicted molar refractivity (Wildman–Crippen MR) is 90.2 cm³/mol. The van der Waals surface area contributed by atoms with Crippen LogP contribution < -0.4 is 0 Å². The van der Waals surface area contributed by atoms with Gasteiger partial charge in [0.1, 0.15) is 11.8 Å². The third kappa shape index (κ3) is 3.76. The van der Waals surface area contributed by atoms with Gasteiger partial charge in [-0.1, -0.05) is 23.7 Å². The number of benzene rings is 1. The van der Waals surface area contributed by atoms with Gasteiger partial charge in [0, 0.05) is 37.4 Å². The molecule has 0 aliphatic carbocycles. The van der Waals surface area contributed by atoms with E-state index >= 15 is 0 Å². The van der Waals surface area contributed by atoms with Crippen LogP contribution in [0.1, 0.15) is 29.8 Å². The van der Waals surface area contributed by atoms with Crippen LogP contribution in [0, 0.1) is 11.3 Å². The molecular formula is C18H20ClN3O. The average molecular weight is 330 g/mol. The Morgan fingerprint density at radius 1 is 1.35 bits per heavy atom. The first kappa shape index (κ1) is 16.1. The number of aryl methyl sites for hydroxylation is 1. The lowest BCUT2D eigenvalue weighted by atomic mass is 10.1. The number of hydrogen-bond donors (Lipinski definition) is 0. The van der Waals surface area contributed by atoms with Crippen LogP contribution in [0.5, 0.6) is 0 Å². The zero-order chi connectivity index (χ0) is 16.2. The minimum absolute atomic E-state index is 0.0738. The lowest BCUT2D eigenvalue weighted by molar-refractivity contribution is -0.0329. The van der Waals surface area contributed by atoms with Gasteiger partial charge in [0.2, 0.25) is 0 Å². The third-order valence-corrected chi connectivity index (χ3v) is 4.46. The maximum absolute atomic E-state index is 9.17. The summed E-state index contributed by atoms with van der Waals surface area (Å²) in [5.74, 6) is 0. The van der Waals surface area contributed by atoms with Crippen molar-refractivity contribution in [1.29, 1.82) is 5.26 Å². The molecule has 23 heavy (non-hydrogen) atoms. The summed E-state index contributed by atoms with van der Waals surface area (Å²) < 4.78 is 7.89. The number of rotatable bonds is 4. The first-order chi connectivity index (χ1) is 11.2. The van der Waals surface area contributed by atoms with E-state index in [4.69, 9.17) is 21.6 Å². The molecule has 1 atom stereocenters. The maximum Gasteiger partial charge on any atom is 0.120 e. The second kappa shape index (κ2) is 7.18. The van der Waals surface area contributed by atoms with Gasteiger partial charge in [-0.2, -0.15) is 5.26 Å². The Labute approximate surface area is 141 Å². The first-order valence-corrected chi connectivity index (χ1v) is 8.26. The molecular weight excluding hydrogens is 310 g/mol. The van der Waals surface area contributed by atoms with Gasteiger partial charge < -0.3 is 9.30 Å². The van der Waals surface area contributed by atoms with Gasteiger partial charge in [0.05, 0.1) is 12.7 Å². The first-order valence-electron chi connectivity index (χ1n) is 7.88. The van der Waals surface area contributed by atoms with Crippen molar-refractivity contribution >= 4 is 11.6 Å². The topological polar surface area (TPSA) is 41.2 Å². The molecule has 1 aromatic carbocycles. The molecule has 1 fully saturated rings. The Morgan fingerprint density at radius 2 is 2.13 bits per heavy atom. The molecule has 120 valence electrons. The lowest BCUT2D eigenvalue weighted by Crippen LogP contribution is -2.37. The monoisotopic (exact) mass is 329 g/mol. The van der Waals surface area contributed by atoms with Crippen LogP contribution in [-0.4, -0.2) is 29.2 Å². The Hall–Kier alpha value is -1.80. The van der Waals surface area contributed by atoms with E-state index in [1.54, 1.807) is 0 Å². The number of hydrogen-bond acceptors (Lipinski definition) is 3. The molecule has 5 heteroatoms. The molecule has 0 unspecified atom stereocenters. The molecule has 0 N–H and O–H groups in total. The fourth-order valence-electron chi connectivity index (χ4n) is 2.99. The van der Waals surface area contributed by atoms with Crippen molar-refractivity contribution in [3.63, 3.8) is 0 Å². The Morgan fingerprint density at radius 3 is 2.78 bits per heavy atom. The number of halogens is 1. The zero-order valence-corrected chi connectivity index (χ0v) is 14.0. The van der Waals surface area contributed by atoms with E-state index in [0.29, 0.717) is 6.61 Å². The summed E-state index contributed by atoms with van der Waals surface area (Å²) in [6.45, 7) is 6.18. The Bertz CT molecular complexity index is 702. The fourth-order valence-corrected chi connectivity index (χ4v) is 3.12. The van der Waals surface area contributed by atoms with Crippen LogP contribution in [0.3, 0.4) is 0 Å². The summed E-state index contributed by atoms with van der Waals surface area (Å²) in [6, 6.07) is 12.1. The molecule has 0 saturated carbocycles. The summed E-state index contributed by atoms with van der Waals surface area (Å²) in [4.78, 5) is 2.37. The number of ether oxygens (including phenoxy) is 1. The van der Waals surface area contributed by atoms with Crippen LogP contribution in [-0.2, 0) is 17.8 Å². The van der Waals surface area contributed by atoms with Crippen molar-refractivity contribution in [2.75, 3.05) is 19.7 Å². The van der Waals surface area contributed by atoms with Crippen LogP contribution in [0.15, 0.2) is 36.5 Å². The minimum atomic E-state index is 0.0738. The van der Waals surface area contributed by atoms with Gasteiger partial charge in [0.25, 0.3) is 0 Å². The van der Waals surface area contributed by atoms with E-state index in [2.05, 4.69) is 24.1 Å². The highest BCUT2D eigenvalue weighted by Gasteiger charge is 2.22. The van der Waals surface area contributed by atoms with Gasteiger partial charge in [-0.05, 0) is 36.2 Å². The largest absolute Gasteiger partial charge is 0.371 e. The Kier molecular flexibility index (Phi) is 5.02. The van der Waals surface area contributed by atoms with Crippen molar-refractivity contribution < 1.29 is 4.74 Å². The molecule has 0 amide bonds. The van der Waals surface area contributed by atoms with Gasteiger partial charge >= 0.3 is 0 Å². The second-order valence-corrected chi connectivity index (χ2v) is 6.21. The average Bonchev–Trinajstić information content (AvgIpc) is 2.97. The van der Waals surface area contributed by atoms with Crippen LogP contribution in [0.4, 0.5) is 0 Å². The molecule has 0 radical (unpaired) electrons. The second-order valence-electron chi connectivity index (χ2n) is 5.78. The molecule has 1 saturated heterocycles. The van der Waals surface area contributed by atoms with Crippen LogP contribution in [0.2, 0.25) is 5.02 Å². The van der Waals surface area contributed by atoms with E-state index < -0.39 is 0 Å². The van der Waals surface area contributed by atoms with Crippen molar-refractivity contribution in [2.24, 2.45) is 0 Å². The highest BCUT2D eigenvalue weighted by atomic mass is 35.5. The summed E-state index contributed by atoms with van der Waals surface area (Å²) in [5, 5.41) is 9.91. The zero-order valence-electron chi connectivity index (χ0n) is 13.2. The van der Waals surface area contributed by atoms with E-state index in [1.807, 2.05) is 34.9 Å². The van der Waals surface area contributed by atoms with Crippen molar-refractivity contribution in [1.82, 2.24) is 9.47 Å². The van der Waals surface area contributed by atoms with Crippen molar-refractivity contribution in [3.8, 4) is 6.07 Å². The molecule has 1 aliphatic heterocycles. The van der Waals surface area contributed by atoms with Crippen molar-refractivity contribution in [3.05, 3.63) is 58.4 Å². The molecule has 3 rings (SSSR count). The molecule has 4 nitrogen and oxygen atoms in total. The normalized spacial score (nSPS) is 18.7. The quantitative estimate of drug-likeness (QED) is 0.860. The number of morpholine rings is 1.